The molecule has 0 fully saturated rings. The van der Waals surface area contributed by atoms with Crippen LogP contribution in [0.2, 0.25) is 5.02 Å². The summed E-state index contributed by atoms with van der Waals surface area (Å²) in [6.45, 7) is 0.144. The average Bonchev–Trinajstić information content (AvgIpc) is 2.70. The number of rotatable bonds is 3. The zero-order valence-electron chi connectivity index (χ0n) is 8.23. The van der Waals surface area contributed by atoms with E-state index in [9.17, 15) is 9.18 Å². The molecule has 1 aromatic carbocycles. The van der Waals surface area contributed by atoms with Gasteiger partial charge in [-0.05, 0) is 18.2 Å². The first kappa shape index (κ1) is 10.8. The normalized spacial score (nSPS) is 10.4. The lowest BCUT2D eigenvalue weighted by molar-refractivity contribution is 0.0972. The molecule has 2 rings (SSSR count). The molecule has 0 amide bonds. The van der Waals surface area contributed by atoms with E-state index in [0.717, 1.165) is 6.07 Å². The second kappa shape index (κ2) is 4.45. The Labute approximate surface area is 96.5 Å². The highest BCUT2D eigenvalue weighted by molar-refractivity contribution is 6.33. The van der Waals surface area contributed by atoms with Gasteiger partial charge in [-0.1, -0.05) is 11.6 Å². The summed E-state index contributed by atoms with van der Waals surface area (Å²) in [5.41, 5.74) is 0.316. The van der Waals surface area contributed by atoms with E-state index in [0.29, 0.717) is 5.56 Å². The molecule has 1 aromatic heterocycles. The summed E-state index contributed by atoms with van der Waals surface area (Å²) in [5, 5.41) is 0.130. The van der Waals surface area contributed by atoms with Crippen molar-refractivity contribution in [2.24, 2.45) is 0 Å². The van der Waals surface area contributed by atoms with Gasteiger partial charge >= 0.3 is 0 Å². The highest BCUT2D eigenvalue weighted by Crippen LogP contribution is 2.18. The highest BCUT2D eigenvalue weighted by atomic mass is 35.5. The van der Waals surface area contributed by atoms with Crippen LogP contribution in [0.1, 0.15) is 10.4 Å². The number of hydrogen-bond acceptors (Lipinski definition) is 2. The van der Waals surface area contributed by atoms with Crippen LogP contribution in [0.4, 0.5) is 4.39 Å². The minimum atomic E-state index is -0.454. The fourth-order valence-electron chi connectivity index (χ4n) is 1.35. The van der Waals surface area contributed by atoms with Gasteiger partial charge in [0.25, 0.3) is 0 Å². The van der Waals surface area contributed by atoms with Crippen LogP contribution in [0.15, 0.2) is 36.9 Å². The van der Waals surface area contributed by atoms with Gasteiger partial charge in [-0.15, -0.1) is 0 Å². The van der Waals surface area contributed by atoms with Crippen molar-refractivity contribution >= 4 is 17.4 Å². The molecule has 0 atom stereocenters. The van der Waals surface area contributed by atoms with E-state index < -0.39 is 5.82 Å². The lowest BCUT2D eigenvalue weighted by Crippen LogP contribution is -2.09. The molecule has 0 unspecified atom stereocenters. The standard InChI is InChI=1S/C11H8ClFN2O/c12-10-5-8(13)1-2-9(10)11(16)6-15-4-3-14-7-15/h1-5,7H,6H2. The van der Waals surface area contributed by atoms with Gasteiger partial charge in [-0.25, -0.2) is 9.37 Å². The smallest absolute Gasteiger partial charge is 0.184 e. The van der Waals surface area contributed by atoms with Crippen LogP contribution in [0, 0.1) is 5.82 Å². The monoisotopic (exact) mass is 238 g/mol. The molecule has 0 spiro atoms. The van der Waals surface area contributed by atoms with Crippen molar-refractivity contribution in [2.75, 3.05) is 0 Å². The topological polar surface area (TPSA) is 34.9 Å². The largest absolute Gasteiger partial charge is 0.330 e. The SMILES string of the molecule is O=C(Cn1ccnc1)c1ccc(F)cc1Cl. The molecule has 3 nitrogen and oxygen atoms in total. The Morgan fingerprint density at radius 3 is 2.94 bits per heavy atom. The van der Waals surface area contributed by atoms with Crippen molar-refractivity contribution in [3.63, 3.8) is 0 Å². The van der Waals surface area contributed by atoms with E-state index in [1.54, 1.807) is 17.0 Å². The van der Waals surface area contributed by atoms with Crippen LogP contribution in [-0.2, 0) is 6.54 Å². The number of carbonyl (C=O) groups is 1. The van der Waals surface area contributed by atoms with Gasteiger partial charge in [0, 0.05) is 18.0 Å². The number of aromatic nitrogens is 2. The number of hydrogen-bond donors (Lipinski definition) is 0. The maximum absolute atomic E-state index is 12.8. The van der Waals surface area contributed by atoms with Crippen molar-refractivity contribution in [3.05, 3.63) is 53.3 Å². The van der Waals surface area contributed by atoms with E-state index in [4.69, 9.17) is 11.6 Å². The van der Waals surface area contributed by atoms with E-state index in [1.807, 2.05) is 0 Å². The number of imidazole rings is 1. The first-order chi connectivity index (χ1) is 7.66. The van der Waals surface area contributed by atoms with E-state index in [1.165, 1.54) is 18.5 Å². The fourth-order valence-corrected chi connectivity index (χ4v) is 1.62. The van der Waals surface area contributed by atoms with Crippen molar-refractivity contribution < 1.29 is 9.18 Å². The lowest BCUT2D eigenvalue weighted by Gasteiger charge is -2.04. The Morgan fingerprint density at radius 1 is 1.50 bits per heavy atom. The molecular formula is C11H8ClFN2O. The summed E-state index contributed by atoms with van der Waals surface area (Å²) in [7, 11) is 0. The first-order valence-electron chi connectivity index (χ1n) is 4.61. The second-order valence-electron chi connectivity index (χ2n) is 3.28. The quantitative estimate of drug-likeness (QED) is 0.771. The van der Waals surface area contributed by atoms with E-state index >= 15 is 0 Å². The minimum Gasteiger partial charge on any atom is -0.330 e. The Bertz CT molecular complexity index is 511. The molecule has 0 saturated carbocycles. The predicted molar refractivity (Wildman–Crippen MR) is 58.0 cm³/mol. The Kier molecular flexibility index (Phi) is 3.01. The van der Waals surface area contributed by atoms with Crippen LogP contribution >= 0.6 is 11.6 Å². The molecule has 82 valence electrons. The molecule has 0 aliphatic carbocycles. The van der Waals surface area contributed by atoms with Crippen molar-refractivity contribution in [2.45, 2.75) is 6.54 Å². The summed E-state index contributed by atoms with van der Waals surface area (Å²) in [4.78, 5) is 15.6. The molecule has 1 heterocycles. The number of nitrogens with zero attached hydrogens (tertiary/aromatic N) is 2. The van der Waals surface area contributed by atoms with Gasteiger partial charge < -0.3 is 4.57 Å². The Balaban J connectivity index is 2.21. The maximum atomic E-state index is 12.8. The summed E-state index contributed by atoms with van der Waals surface area (Å²) < 4.78 is 14.4. The minimum absolute atomic E-state index is 0.130. The van der Waals surface area contributed by atoms with Gasteiger partial charge in [0.2, 0.25) is 0 Å². The third-order valence-corrected chi connectivity index (χ3v) is 2.43. The number of carbonyl (C=O) groups excluding carboxylic acids is 1. The fraction of sp³-hybridized carbons (Fsp3) is 0.0909. The highest BCUT2D eigenvalue weighted by Gasteiger charge is 2.11. The zero-order chi connectivity index (χ0) is 11.5. The Hall–Kier alpha value is -1.68. The predicted octanol–water partition coefficient (Wildman–Crippen LogP) is 2.56. The average molecular weight is 239 g/mol. The van der Waals surface area contributed by atoms with Crippen LogP contribution in [-0.4, -0.2) is 15.3 Å². The van der Waals surface area contributed by atoms with Gasteiger partial charge in [0.15, 0.2) is 5.78 Å². The number of ketones is 1. The number of Topliss-reactive ketones (excluding diaryl/α,β-unsaturated/α-hetero) is 1. The van der Waals surface area contributed by atoms with Crippen molar-refractivity contribution in [3.8, 4) is 0 Å². The van der Waals surface area contributed by atoms with Crippen LogP contribution < -0.4 is 0 Å². The van der Waals surface area contributed by atoms with E-state index in [2.05, 4.69) is 4.98 Å². The summed E-state index contributed by atoms with van der Waals surface area (Å²) in [5.74, 6) is -0.632. The zero-order valence-corrected chi connectivity index (χ0v) is 8.99. The van der Waals surface area contributed by atoms with Crippen molar-refractivity contribution in [1.82, 2.24) is 9.55 Å². The van der Waals surface area contributed by atoms with Gasteiger partial charge in [0.05, 0.1) is 17.9 Å². The van der Waals surface area contributed by atoms with E-state index in [-0.39, 0.29) is 17.4 Å². The number of halogens is 2. The third-order valence-electron chi connectivity index (χ3n) is 2.12. The van der Waals surface area contributed by atoms with Crippen LogP contribution in [0.3, 0.4) is 0 Å². The Morgan fingerprint density at radius 2 is 2.31 bits per heavy atom. The molecule has 0 N–H and O–H groups in total. The molecule has 0 radical (unpaired) electrons. The van der Waals surface area contributed by atoms with Gasteiger partial charge in [-0.2, -0.15) is 0 Å². The van der Waals surface area contributed by atoms with Crippen LogP contribution in [0.25, 0.3) is 0 Å². The third kappa shape index (κ3) is 2.28. The summed E-state index contributed by atoms with van der Waals surface area (Å²) >= 11 is 5.78. The molecule has 0 aliphatic heterocycles. The molecule has 5 heteroatoms. The number of benzene rings is 1. The molecule has 0 aliphatic rings. The van der Waals surface area contributed by atoms with Gasteiger partial charge in [0.1, 0.15) is 5.82 Å². The lowest BCUT2D eigenvalue weighted by atomic mass is 10.1. The summed E-state index contributed by atoms with van der Waals surface area (Å²) in [6, 6.07) is 3.73. The second-order valence-corrected chi connectivity index (χ2v) is 3.69. The maximum Gasteiger partial charge on any atom is 0.184 e. The molecule has 0 bridgehead atoms. The molecule has 0 saturated heterocycles. The van der Waals surface area contributed by atoms with Crippen LogP contribution in [0.5, 0.6) is 0 Å². The van der Waals surface area contributed by atoms with Gasteiger partial charge in [-0.3, -0.25) is 4.79 Å². The summed E-state index contributed by atoms with van der Waals surface area (Å²) in [6.07, 6.45) is 4.80. The molecule has 2 aromatic rings. The first-order valence-corrected chi connectivity index (χ1v) is 4.98. The molecular weight excluding hydrogens is 231 g/mol. The van der Waals surface area contributed by atoms with Crippen molar-refractivity contribution in [1.29, 1.82) is 0 Å². The molecule has 16 heavy (non-hydrogen) atoms.